The van der Waals surface area contributed by atoms with Crippen LogP contribution in [0.3, 0.4) is 0 Å². The number of hydrogen-bond acceptors (Lipinski definition) is 0. The summed E-state index contributed by atoms with van der Waals surface area (Å²) in [6.07, 6.45) is 2.26. The van der Waals surface area contributed by atoms with E-state index in [1.807, 2.05) is 0 Å². The fraction of sp³-hybridized carbons (Fsp3) is 0.375. The van der Waals surface area contributed by atoms with Gasteiger partial charge >= 0.3 is 37.9 Å². The van der Waals surface area contributed by atoms with Gasteiger partial charge in [-0.25, -0.2) is 0 Å². The molecule has 0 N–H and O–H groups in total. The van der Waals surface area contributed by atoms with Crippen molar-refractivity contribution >= 4 is 27.8 Å². The first-order chi connectivity index (χ1) is 13.0. The quantitative estimate of drug-likeness (QED) is 0.321. The Morgan fingerprint density at radius 1 is 1.00 bits per heavy atom. The summed E-state index contributed by atoms with van der Waals surface area (Å²) in [5.41, 5.74) is 7.25. The van der Waals surface area contributed by atoms with Gasteiger partial charge in [0.1, 0.15) is 0 Å². The predicted molar refractivity (Wildman–Crippen MR) is 119 cm³/mol. The first-order valence-corrected chi connectivity index (χ1v) is 16.1. The van der Waals surface area contributed by atoms with Crippen LogP contribution in [-0.4, -0.2) is 0 Å². The monoisotopic (exact) mass is 477 g/mol. The molecule has 0 heterocycles. The molecule has 0 saturated heterocycles. The molecule has 0 aliphatic carbocycles. The van der Waals surface area contributed by atoms with Crippen molar-refractivity contribution in [2.24, 2.45) is 0 Å². The molecule has 1 atom stereocenters. The molecule has 0 aromatic heterocycles. The van der Waals surface area contributed by atoms with Crippen molar-refractivity contribution in [3.63, 3.8) is 0 Å². The van der Waals surface area contributed by atoms with Crippen LogP contribution in [0.25, 0.3) is 21.9 Å². The summed E-state index contributed by atoms with van der Waals surface area (Å²) in [4.78, 5) is 0. The Hall–Kier alpha value is -0.487. The van der Waals surface area contributed by atoms with E-state index in [1.54, 1.807) is 0 Å². The molecule has 3 aromatic carbocycles. The number of halogens is 2. The second kappa shape index (κ2) is 10.9. The zero-order valence-corrected chi connectivity index (χ0v) is 20.9. The molecule has 27 heavy (non-hydrogen) atoms. The molecule has 0 radical (unpaired) electrons. The average Bonchev–Trinajstić information content (AvgIpc) is 3.11. The normalized spacial score (nSPS) is 12.0. The van der Waals surface area contributed by atoms with E-state index in [0.717, 1.165) is 6.42 Å². The third-order valence-corrected chi connectivity index (χ3v) is 5.42. The van der Waals surface area contributed by atoms with Gasteiger partial charge in [0.05, 0.1) is 0 Å². The first kappa shape index (κ1) is 22.8. The molecular weight excluding hydrogens is 450 g/mol. The predicted octanol–water partition coefficient (Wildman–Crippen LogP) is 8.80. The summed E-state index contributed by atoms with van der Waals surface area (Å²) in [6.45, 7) is 11.5. The number of fused-ring (bicyclic) bond motifs is 1. The third-order valence-electron chi connectivity index (χ3n) is 5.42. The standard InChI is InChI=1S/C24H29.2ClH.Zr/c1-6-17(5)20-14-19-12-13-21(16(3)4)24(23(19)15-20)22-11-9-8-10-18(22)7-2;;;/h8-17H,6-7H2,1-5H3;2*1H;/q-1;;;+2/p-2. The summed E-state index contributed by atoms with van der Waals surface area (Å²) >= 11 is -0.826. The van der Waals surface area contributed by atoms with E-state index in [1.165, 1.54) is 45.0 Å². The van der Waals surface area contributed by atoms with Crippen molar-refractivity contribution in [2.75, 3.05) is 0 Å². The molecule has 0 bridgehead atoms. The van der Waals surface area contributed by atoms with Gasteiger partial charge in [0.2, 0.25) is 0 Å². The molecule has 3 heteroatoms. The van der Waals surface area contributed by atoms with Crippen molar-refractivity contribution in [1.29, 1.82) is 0 Å². The Kier molecular flexibility index (Phi) is 9.20. The fourth-order valence-electron chi connectivity index (χ4n) is 3.70. The zero-order valence-electron chi connectivity index (χ0n) is 16.9. The summed E-state index contributed by atoms with van der Waals surface area (Å²) in [6, 6.07) is 18.4. The first-order valence-electron chi connectivity index (χ1n) is 9.76. The van der Waals surface area contributed by atoms with Crippen LogP contribution >= 0.6 is 17.0 Å². The Morgan fingerprint density at radius 2 is 1.67 bits per heavy atom. The summed E-state index contributed by atoms with van der Waals surface area (Å²) in [5, 5.41) is 2.81. The number of benzene rings is 2. The molecule has 1 unspecified atom stereocenters. The zero-order chi connectivity index (χ0) is 20.0. The van der Waals surface area contributed by atoms with Crippen LogP contribution in [-0.2, 0) is 27.3 Å². The summed E-state index contributed by atoms with van der Waals surface area (Å²) in [7, 11) is 9.87. The van der Waals surface area contributed by atoms with Crippen molar-refractivity contribution in [1.82, 2.24) is 0 Å². The fourth-order valence-corrected chi connectivity index (χ4v) is 3.70. The van der Waals surface area contributed by atoms with Gasteiger partial charge in [-0.1, -0.05) is 76.4 Å². The van der Waals surface area contributed by atoms with Crippen LogP contribution in [0.5, 0.6) is 0 Å². The molecule has 3 rings (SSSR count). The molecular formula is C24H29Cl2Zr-. The van der Waals surface area contributed by atoms with Gasteiger partial charge < -0.3 is 0 Å². The van der Waals surface area contributed by atoms with E-state index in [4.69, 9.17) is 17.0 Å². The van der Waals surface area contributed by atoms with Gasteiger partial charge in [0, 0.05) is 0 Å². The minimum atomic E-state index is -0.826. The molecule has 0 fully saturated rings. The van der Waals surface area contributed by atoms with Gasteiger partial charge in [0.15, 0.2) is 0 Å². The molecule has 0 saturated carbocycles. The summed E-state index contributed by atoms with van der Waals surface area (Å²) in [5.74, 6) is 1.14. The summed E-state index contributed by atoms with van der Waals surface area (Å²) < 4.78 is 0. The van der Waals surface area contributed by atoms with E-state index in [9.17, 15) is 0 Å². The van der Waals surface area contributed by atoms with E-state index < -0.39 is 20.8 Å². The van der Waals surface area contributed by atoms with Gasteiger partial charge in [0.25, 0.3) is 0 Å². The Balaban J connectivity index is 0.000000817. The van der Waals surface area contributed by atoms with Gasteiger partial charge in [-0.05, 0) is 29.4 Å². The van der Waals surface area contributed by atoms with E-state index in [2.05, 4.69) is 83.1 Å². The topological polar surface area (TPSA) is 0 Å². The van der Waals surface area contributed by atoms with Crippen molar-refractivity contribution in [2.45, 2.75) is 59.3 Å². The van der Waals surface area contributed by atoms with Gasteiger partial charge in [-0.3, -0.25) is 0 Å². The third kappa shape index (κ3) is 5.32. The molecule has 0 amide bonds. The van der Waals surface area contributed by atoms with Gasteiger partial charge in [-0.2, -0.15) is 6.07 Å². The number of hydrogen-bond donors (Lipinski definition) is 0. The van der Waals surface area contributed by atoms with Crippen molar-refractivity contribution < 1.29 is 20.8 Å². The van der Waals surface area contributed by atoms with Crippen LogP contribution < -0.4 is 0 Å². The van der Waals surface area contributed by atoms with Gasteiger partial charge in [-0.15, -0.1) is 34.5 Å². The minimum absolute atomic E-state index is 0.524. The van der Waals surface area contributed by atoms with E-state index in [-0.39, 0.29) is 0 Å². The van der Waals surface area contributed by atoms with Crippen molar-refractivity contribution in [3.8, 4) is 11.1 Å². The second-order valence-corrected chi connectivity index (χ2v) is 11.1. The van der Waals surface area contributed by atoms with Crippen molar-refractivity contribution in [3.05, 3.63) is 65.2 Å². The Labute approximate surface area is 183 Å². The second-order valence-electron chi connectivity index (χ2n) is 7.37. The van der Waals surface area contributed by atoms with Crippen LogP contribution in [0.15, 0.2) is 48.5 Å². The van der Waals surface area contributed by atoms with E-state index >= 15 is 0 Å². The number of rotatable bonds is 5. The SMILES string of the molecule is CCc1ccccc1-c1c(C(C)C)ccc2[cH-]c(C(C)CC)cc12.[Cl][Zr][Cl]. The maximum absolute atomic E-state index is 4.93. The molecule has 144 valence electrons. The van der Waals surface area contributed by atoms with Crippen LogP contribution in [0.4, 0.5) is 0 Å². The van der Waals surface area contributed by atoms with Crippen LogP contribution in [0, 0.1) is 0 Å². The van der Waals surface area contributed by atoms with E-state index in [0.29, 0.717) is 11.8 Å². The Morgan fingerprint density at radius 3 is 2.26 bits per heavy atom. The Bertz CT molecular complexity index is 864. The maximum atomic E-state index is 4.93. The van der Waals surface area contributed by atoms with Crippen LogP contribution in [0.2, 0.25) is 0 Å². The molecule has 0 nitrogen and oxygen atoms in total. The molecule has 0 spiro atoms. The molecule has 3 aromatic rings. The average molecular weight is 480 g/mol. The molecule has 0 aliphatic rings. The number of aryl methyl sites for hydroxylation is 1. The van der Waals surface area contributed by atoms with Crippen LogP contribution in [0.1, 0.15) is 69.6 Å². The molecule has 0 aliphatic heterocycles.